The number of carbonyl (C=O) groups excluding carboxylic acids is 1. The van der Waals surface area contributed by atoms with Crippen molar-refractivity contribution in [3.05, 3.63) is 64.2 Å². The normalized spacial score (nSPS) is 19.5. The number of alkyl halides is 2. The molecule has 0 aliphatic carbocycles. The van der Waals surface area contributed by atoms with Crippen LogP contribution >= 0.6 is 0 Å². The van der Waals surface area contributed by atoms with Crippen molar-refractivity contribution in [3.63, 3.8) is 0 Å². The van der Waals surface area contributed by atoms with Crippen LogP contribution in [0.1, 0.15) is 60.3 Å². The summed E-state index contributed by atoms with van der Waals surface area (Å²) >= 11 is 0. The van der Waals surface area contributed by atoms with Crippen LogP contribution in [0.3, 0.4) is 0 Å². The van der Waals surface area contributed by atoms with E-state index in [1.807, 2.05) is 11.0 Å². The molecule has 0 radical (unpaired) electrons. The van der Waals surface area contributed by atoms with E-state index < -0.39 is 23.8 Å². The van der Waals surface area contributed by atoms with E-state index >= 15 is 0 Å². The SMILES string of the molecule is Cc1nc(N[C@H](C)c2cccc(C(F)F)c2F)c2cc(C3=CCN(C(=O)C4CCOC4)CC3)c3c(c2n1)CCO3. The van der Waals surface area contributed by atoms with Gasteiger partial charge in [-0.1, -0.05) is 24.3 Å². The van der Waals surface area contributed by atoms with Crippen LogP contribution in [-0.2, 0) is 16.0 Å². The van der Waals surface area contributed by atoms with Gasteiger partial charge < -0.3 is 19.7 Å². The van der Waals surface area contributed by atoms with Crippen molar-refractivity contribution in [1.82, 2.24) is 14.9 Å². The van der Waals surface area contributed by atoms with Gasteiger partial charge in [0.1, 0.15) is 23.2 Å². The third-order valence-electron chi connectivity index (χ3n) is 8.01. The van der Waals surface area contributed by atoms with Gasteiger partial charge in [-0.3, -0.25) is 4.79 Å². The van der Waals surface area contributed by atoms with Gasteiger partial charge in [0.2, 0.25) is 5.91 Å². The molecule has 10 heteroatoms. The highest BCUT2D eigenvalue weighted by molar-refractivity contribution is 5.97. The zero-order chi connectivity index (χ0) is 28.0. The Morgan fingerprint density at radius 1 is 1.18 bits per heavy atom. The lowest BCUT2D eigenvalue weighted by Crippen LogP contribution is -2.39. The number of rotatable bonds is 6. The van der Waals surface area contributed by atoms with Crippen LogP contribution < -0.4 is 10.1 Å². The van der Waals surface area contributed by atoms with Gasteiger partial charge in [0, 0.05) is 48.2 Å². The van der Waals surface area contributed by atoms with Gasteiger partial charge in [-0.2, -0.15) is 0 Å². The highest BCUT2D eigenvalue weighted by atomic mass is 19.3. The molecule has 4 heterocycles. The van der Waals surface area contributed by atoms with Crippen LogP contribution in [0.4, 0.5) is 19.0 Å². The molecule has 1 unspecified atom stereocenters. The fourth-order valence-electron chi connectivity index (χ4n) is 5.88. The Labute approximate surface area is 230 Å². The summed E-state index contributed by atoms with van der Waals surface area (Å²) in [5.74, 6) is 0.995. The Morgan fingerprint density at radius 2 is 2.00 bits per heavy atom. The first-order valence-electron chi connectivity index (χ1n) is 13.7. The Morgan fingerprint density at radius 3 is 2.73 bits per heavy atom. The van der Waals surface area contributed by atoms with Crippen molar-refractivity contribution < 1.29 is 27.4 Å². The molecule has 1 N–H and O–H groups in total. The Hall–Kier alpha value is -3.66. The zero-order valence-electron chi connectivity index (χ0n) is 22.5. The van der Waals surface area contributed by atoms with E-state index in [0.717, 1.165) is 45.8 Å². The topological polar surface area (TPSA) is 76.6 Å². The summed E-state index contributed by atoms with van der Waals surface area (Å²) in [7, 11) is 0. The molecule has 6 rings (SSSR count). The molecule has 7 nitrogen and oxygen atoms in total. The number of hydrogen-bond donors (Lipinski definition) is 1. The molecule has 1 saturated heterocycles. The third-order valence-corrected chi connectivity index (χ3v) is 8.01. The largest absolute Gasteiger partial charge is 0.492 e. The second-order valence-corrected chi connectivity index (χ2v) is 10.6. The van der Waals surface area contributed by atoms with Gasteiger partial charge >= 0.3 is 0 Å². The maximum absolute atomic E-state index is 14.9. The maximum Gasteiger partial charge on any atom is 0.266 e. The summed E-state index contributed by atoms with van der Waals surface area (Å²) in [4.78, 5) is 24.1. The average Bonchev–Trinajstić information content (AvgIpc) is 3.66. The summed E-state index contributed by atoms with van der Waals surface area (Å²) < 4.78 is 53.1. The second kappa shape index (κ2) is 10.7. The van der Waals surface area contributed by atoms with Crippen molar-refractivity contribution in [2.45, 2.75) is 45.6 Å². The number of fused-ring (bicyclic) bond motifs is 3. The number of amides is 1. The van der Waals surface area contributed by atoms with Crippen molar-refractivity contribution in [2.24, 2.45) is 5.92 Å². The first-order valence-corrected chi connectivity index (χ1v) is 13.7. The van der Waals surface area contributed by atoms with Crippen LogP contribution in [0.15, 0.2) is 30.3 Å². The number of aryl methyl sites for hydroxylation is 1. The highest BCUT2D eigenvalue weighted by Gasteiger charge is 2.31. The number of nitrogens with one attached hydrogen (secondary N) is 1. The number of benzene rings is 2. The van der Waals surface area contributed by atoms with E-state index in [2.05, 4.69) is 16.4 Å². The minimum Gasteiger partial charge on any atom is -0.492 e. The number of ether oxygens (including phenoxy) is 2. The molecule has 1 amide bonds. The van der Waals surface area contributed by atoms with Crippen LogP contribution in [-0.4, -0.2) is 53.7 Å². The molecule has 40 heavy (non-hydrogen) atoms. The smallest absolute Gasteiger partial charge is 0.266 e. The standard InChI is InChI=1S/C30H31F3N4O3/c1-16(20-4-3-5-21(25(20)31)28(32)33)34-29-24-14-23(27-22(9-13-40-27)26(24)35-17(2)36-29)18-6-10-37(11-7-18)30(38)19-8-12-39-15-19/h3-6,14,16,19,28H,7-13,15H2,1-2H3,(H,34,35,36)/t16-,19?/m1/s1. The molecule has 3 aliphatic rings. The van der Waals surface area contributed by atoms with Crippen molar-refractivity contribution in [2.75, 3.05) is 38.2 Å². The van der Waals surface area contributed by atoms with Gasteiger partial charge in [0.25, 0.3) is 6.43 Å². The molecule has 0 saturated carbocycles. The summed E-state index contributed by atoms with van der Waals surface area (Å²) in [6, 6.07) is 5.41. The summed E-state index contributed by atoms with van der Waals surface area (Å²) in [5.41, 5.74) is 3.29. The number of hydrogen-bond acceptors (Lipinski definition) is 6. The van der Waals surface area contributed by atoms with Crippen LogP contribution in [0.25, 0.3) is 16.5 Å². The minimum absolute atomic E-state index is 0.0644. The monoisotopic (exact) mass is 552 g/mol. The molecular weight excluding hydrogens is 521 g/mol. The summed E-state index contributed by atoms with van der Waals surface area (Å²) in [5, 5.41) is 4.02. The zero-order valence-corrected chi connectivity index (χ0v) is 22.5. The van der Waals surface area contributed by atoms with Gasteiger partial charge in [0.05, 0.1) is 36.3 Å². The fraction of sp³-hybridized carbons (Fsp3) is 0.433. The number of halogens is 3. The molecule has 1 aromatic heterocycles. The van der Waals surface area contributed by atoms with E-state index in [-0.39, 0.29) is 17.4 Å². The molecule has 2 aromatic carbocycles. The van der Waals surface area contributed by atoms with Gasteiger partial charge in [-0.05, 0) is 38.3 Å². The van der Waals surface area contributed by atoms with Crippen LogP contribution in [0, 0.1) is 18.7 Å². The number of carbonyl (C=O) groups is 1. The minimum atomic E-state index is -2.90. The first-order chi connectivity index (χ1) is 19.3. The molecule has 0 spiro atoms. The Bertz CT molecular complexity index is 1500. The third kappa shape index (κ3) is 4.78. The van der Waals surface area contributed by atoms with Crippen LogP contribution in [0.5, 0.6) is 5.75 Å². The quantitative estimate of drug-likeness (QED) is 0.418. The second-order valence-electron chi connectivity index (χ2n) is 10.6. The molecule has 3 aliphatic heterocycles. The van der Waals surface area contributed by atoms with Gasteiger partial charge in [0.15, 0.2) is 0 Å². The average molecular weight is 553 g/mol. The van der Waals surface area contributed by atoms with E-state index in [1.54, 1.807) is 13.8 Å². The van der Waals surface area contributed by atoms with E-state index in [4.69, 9.17) is 14.5 Å². The predicted molar refractivity (Wildman–Crippen MR) is 145 cm³/mol. The highest BCUT2D eigenvalue weighted by Crippen LogP contribution is 2.42. The summed E-state index contributed by atoms with van der Waals surface area (Å²) in [6.45, 7) is 6.29. The molecule has 210 valence electrons. The van der Waals surface area contributed by atoms with Crippen molar-refractivity contribution >= 4 is 28.2 Å². The fourth-order valence-corrected chi connectivity index (χ4v) is 5.88. The number of anilines is 1. The molecule has 1 fully saturated rings. The van der Waals surface area contributed by atoms with Crippen molar-refractivity contribution in [1.29, 1.82) is 0 Å². The van der Waals surface area contributed by atoms with E-state index in [9.17, 15) is 18.0 Å². The maximum atomic E-state index is 14.9. The number of nitrogens with zero attached hydrogens (tertiary/aromatic N) is 3. The predicted octanol–water partition coefficient (Wildman–Crippen LogP) is 5.78. The lowest BCUT2D eigenvalue weighted by Gasteiger charge is -2.29. The molecule has 2 atom stereocenters. The van der Waals surface area contributed by atoms with Crippen LogP contribution in [0.2, 0.25) is 0 Å². The first kappa shape index (κ1) is 26.6. The van der Waals surface area contributed by atoms with E-state index in [1.165, 1.54) is 12.1 Å². The van der Waals surface area contributed by atoms with Crippen molar-refractivity contribution in [3.8, 4) is 5.75 Å². The molecular formula is C30H31F3N4O3. The Balaban J connectivity index is 1.36. The summed E-state index contributed by atoms with van der Waals surface area (Å²) in [6.07, 6.45) is 1.31. The number of aromatic nitrogens is 2. The molecule has 3 aromatic rings. The lowest BCUT2D eigenvalue weighted by atomic mass is 9.93. The van der Waals surface area contributed by atoms with E-state index in [0.29, 0.717) is 57.4 Å². The molecule has 0 bridgehead atoms. The Kier molecular flexibility index (Phi) is 7.12. The van der Waals surface area contributed by atoms with Gasteiger partial charge in [-0.15, -0.1) is 0 Å². The van der Waals surface area contributed by atoms with Gasteiger partial charge in [-0.25, -0.2) is 23.1 Å². The lowest BCUT2D eigenvalue weighted by molar-refractivity contribution is -0.135.